The largest absolute Gasteiger partial charge is 0.367 e. The van der Waals surface area contributed by atoms with E-state index in [4.69, 9.17) is 0 Å². The maximum atomic E-state index is 13.4. The average Bonchev–Trinajstić information content (AvgIpc) is 3.60. The van der Waals surface area contributed by atoms with Crippen molar-refractivity contribution >= 4 is 39.7 Å². The molecule has 0 radical (unpaired) electrons. The van der Waals surface area contributed by atoms with Gasteiger partial charge in [0.1, 0.15) is 18.6 Å². The zero-order chi connectivity index (χ0) is 27.9. The topological polar surface area (TPSA) is 92.4 Å². The van der Waals surface area contributed by atoms with E-state index in [0.717, 1.165) is 47.4 Å². The van der Waals surface area contributed by atoms with Crippen molar-refractivity contribution in [1.29, 1.82) is 0 Å². The number of hydrogen-bond acceptors (Lipinski definition) is 6. The van der Waals surface area contributed by atoms with Gasteiger partial charge >= 0.3 is 0 Å². The SMILES string of the molecule is CC1CN(c2cccc3c2CN(C(=O)Cn2cnc4ccccc42)CC3)CCN1C(=O)Cn1cnc2cccnc21. The lowest BCUT2D eigenvalue weighted by molar-refractivity contribution is -0.134. The minimum atomic E-state index is 0.0469. The summed E-state index contributed by atoms with van der Waals surface area (Å²) in [4.78, 5) is 46.2. The number of carbonyl (C=O) groups excluding carboxylic acids is 2. The smallest absolute Gasteiger partial charge is 0.242 e. The van der Waals surface area contributed by atoms with Crippen LogP contribution in [0, 0.1) is 0 Å². The molecule has 0 bridgehead atoms. The molecule has 2 amide bonds. The maximum absolute atomic E-state index is 13.4. The van der Waals surface area contributed by atoms with E-state index in [1.807, 2.05) is 55.3 Å². The van der Waals surface area contributed by atoms with Crippen molar-refractivity contribution in [1.82, 2.24) is 33.9 Å². The molecule has 2 aliphatic rings. The number of amides is 2. The monoisotopic (exact) mass is 548 g/mol. The Bertz CT molecular complexity index is 1760. The van der Waals surface area contributed by atoms with Crippen molar-refractivity contribution in [3.63, 3.8) is 0 Å². The van der Waals surface area contributed by atoms with Gasteiger partial charge in [-0.3, -0.25) is 9.59 Å². The molecule has 2 aliphatic heterocycles. The Balaban J connectivity index is 1.04. The Morgan fingerprint density at radius 1 is 0.829 bits per heavy atom. The normalized spacial score (nSPS) is 17.3. The summed E-state index contributed by atoms with van der Waals surface area (Å²) in [5, 5.41) is 0. The predicted molar refractivity (Wildman–Crippen MR) is 156 cm³/mol. The van der Waals surface area contributed by atoms with E-state index in [9.17, 15) is 9.59 Å². The number of piperazine rings is 1. The zero-order valence-electron chi connectivity index (χ0n) is 23.1. The maximum Gasteiger partial charge on any atom is 0.242 e. The Hall–Kier alpha value is -4.73. The van der Waals surface area contributed by atoms with Crippen LogP contribution in [0.25, 0.3) is 22.2 Å². The van der Waals surface area contributed by atoms with E-state index in [1.54, 1.807) is 18.9 Å². The second-order valence-electron chi connectivity index (χ2n) is 10.9. The Kier molecular flexibility index (Phi) is 6.37. The number of carbonyl (C=O) groups is 2. The van der Waals surface area contributed by atoms with Crippen LogP contribution < -0.4 is 4.90 Å². The van der Waals surface area contributed by atoms with Crippen LogP contribution >= 0.6 is 0 Å². The first-order valence-electron chi connectivity index (χ1n) is 14.1. The zero-order valence-corrected chi connectivity index (χ0v) is 23.1. The summed E-state index contributed by atoms with van der Waals surface area (Å²) in [7, 11) is 0. The highest BCUT2D eigenvalue weighted by Crippen LogP contribution is 2.31. The highest BCUT2D eigenvalue weighted by atomic mass is 16.2. The van der Waals surface area contributed by atoms with Crippen LogP contribution in [-0.4, -0.2) is 77.9 Å². The molecule has 0 spiro atoms. The molecule has 1 unspecified atom stereocenters. The number of hydrogen-bond donors (Lipinski definition) is 0. The van der Waals surface area contributed by atoms with Crippen LogP contribution in [0.1, 0.15) is 18.1 Å². The highest BCUT2D eigenvalue weighted by Gasteiger charge is 2.31. The van der Waals surface area contributed by atoms with Crippen LogP contribution in [0.4, 0.5) is 5.69 Å². The van der Waals surface area contributed by atoms with Crippen LogP contribution in [0.15, 0.2) is 73.4 Å². The molecule has 5 aromatic rings. The fourth-order valence-corrected chi connectivity index (χ4v) is 6.25. The first kappa shape index (κ1) is 25.3. The average molecular weight is 549 g/mol. The van der Waals surface area contributed by atoms with Gasteiger partial charge in [0.2, 0.25) is 11.8 Å². The van der Waals surface area contributed by atoms with Gasteiger partial charge in [-0.25, -0.2) is 15.0 Å². The third-order valence-electron chi connectivity index (χ3n) is 8.40. The van der Waals surface area contributed by atoms with E-state index >= 15 is 0 Å². The third kappa shape index (κ3) is 4.69. The van der Waals surface area contributed by atoms with Crippen LogP contribution in [-0.2, 0) is 35.6 Å². The number of pyridine rings is 1. The molecule has 2 aromatic carbocycles. The highest BCUT2D eigenvalue weighted by molar-refractivity contribution is 5.81. The molecule has 41 heavy (non-hydrogen) atoms. The van der Waals surface area contributed by atoms with Crippen molar-refractivity contribution in [2.45, 2.75) is 39.0 Å². The van der Waals surface area contributed by atoms with Gasteiger partial charge in [-0.2, -0.15) is 0 Å². The standard InChI is InChI=1S/C31H32N8O2/c1-22-16-35(14-15-39(22)30(41)19-38-21-34-26-8-5-12-32-31(26)38)27-10-4-6-23-11-13-36(17-24(23)27)29(40)18-37-20-33-25-7-2-3-9-28(25)37/h2-10,12,20-22H,11,13-19H2,1H3. The van der Waals surface area contributed by atoms with Gasteiger partial charge in [0.15, 0.2) is 5.65 Å². The number of benzene rings is 2. The molecular weight excluding hydrogens is 516 g/mol. The van der Waals surface area contributed by atoms with E-state index in [-0.39, 0.29) is 30.9 Å². The molecule has 0 aliphatic carbocycles. The lowest BCUT2D eigenvalue weighted by atomic mass is 9.96. The number of fused-ring (bicyclic) bond motifs is 3. The van der Waals surface area contributed by atoms with Crippen molar-refractivity contribution in [2.75, 3.05) is 31.1 Å². The summed E-state index contributed by atoms with van der Waals surface area (Å²) in [5.74, 6) is 0.167. The van der Waals surface area contributed by atoms with Gasteiger partial charge < -0.3 is 23.8 Å². The van der Waals surface area contributed by atoms with Gasteiger partial charge in [-0.1, -0.05) is 24.3 Å². The van der Waals surface area contributed by atoms with Gasteiger partial charge in [0, 0.05) is 50.6 Å². The molecule has 10 nitrogen and oxygen atoms in total. The molecule has 1 saturated heterocycles. The Morgan fingerprint density at radius 2 is 1.63 bits per heavy atom. The minimum absolute atomic E-state index is 0.0469. The molecule has 10 heteroatoms. The number of nitrogens with zero attached hydrogens (tertiary/aromatic N) is 8. The number of anilines is 1. The summed E-state index contributed by atoms with van der Waals surface area (Å²) in [6.45, 7) is 6.02. The van der Waals surface area contributed by atoms with E-state index in [0.29, 0.717) is 19.6 Å². The van der Waals surface area contributed by atoms with Gasteiger partial charge in [-0.15, -0.1) is 0 Å². The molecule has 3 aromatic heterocycles. The molecule has 0 N–H and O–H groups in total. The van der Waals surface area contributed by atoms with E-state index < -0.39 is 0 Å². The first-order valence-corrected chi connectivity index (χ1v) is 14.1. The van der Waals surface area contributed by atoms with Gasteiger partial charge in [-0.05, 0) is 54.8 Å². The number of para-hydroxylation sites is 2. The predicted octanol–water partition coefficient (Wildman–Crippen LogP) is 3.10. The fourth-order valence-electron chi connectivity index (χ4n) is 6.25. The molecule has 0 saturated carbocycles. The summed E-state index contributed by atoms with van der Waals surface area (Å²) in [5.41, 5.74) is 7.06. The number of rotatable bonds is 5. The molecule has 1 fully saturated rings. The van der Waals surface area contributed by atoms with E-state index in [2.05, 4.69) is 45.0 Å². The second-order valence-corrected chi connectivity index (χ2v) is 10.9. The van der Waals surface area contributed by atoms with Crippen LogP contribution in [0.3, 0.4) is 0 Å². The molecule has 7 rings (SSSR count). The number of aromatic nitrogens is 5. The first-order chi connectivity index (χ1) is 20.0. The quantitative estimate of drug-likeness (QED) is 0.335. The van der Waals surface area contributed by atoms with Gasteiger partial charge in [0.25, 0.3) is 0 Å². The minimum Gasteiger partial charge on any atom is -0.367 e. The number of imidazole rings is 2. The van der Waals surface area contributed by atoms with Crippen molar-refractivity contribution < 1.29 is 9.59 Å². The lowest BCUT2D eigenvalue weighted by Crippen LogP contribution is -2.55. The fraction of sp³-hybridized carbons (Fsp3) is 0.323. The molecule has 1 atom stereocenters. The van der Waals surface area contributed by atoms with Crippen molar-refractivity contribution in [3.8, 4) is 0 Å². The summed E-state index contributed by atoms with van der Waals surface area (Å²) >= 11 is 0. The second kappa shape index (κ2) is 10.3. The summed E-state index contributed by atoms with van der Waals surface area (Å²) < 4.78 is 3.75. The van der Waals surface area contributed by atoms with Crippen LogP contribution in [0.2, 0.25) is 0 Å². The lowest BCUT2D eigenvalue weighted by Gasteiger charge is -2.42. The third-order valence-corrected chi connectivity index (χ3v) is 8.40. The van der Waals surface area contributed by atoms with Crippen molar-refractivity contribution in [3.05, 3.63) is 84.6 Å². The van der Waals surface area contributed by atoms with Crippen LogP contribution in [0.5, 0.6) is 0 Å². The molecule has 5 heterocycles. The Labute approximate surface area is 237 Å². The summed E-state index contributed by atoms with van der Waals surface area (Å²) in [6.07, 6.45) is 6.00. The van der Waals surface area contributed by atoms with Gasteiger partial charge in [0.05, 0.1) is 23.7 Å². The molecular formula is C31H32N8O2. The Morgan fingerprint density at radius 3 is 2.54 bits per heavy atom. The van der Waals surface area contributed by atoms with Crippen molar-refractivity contribution in [2.24, 2.45) is 0 Å². The molecule has 208 valence electrons. The summed E-state index contributed by atoms with van der Waals surface area (Å²) in [6, 6.07) is 18.1. The van der Waals surface area contributed by atoms with E-state index in [1.165, 1.54) is 11.1 Å².